The van der Waals surface area contributed by atoms with Gasteiger partial charge in [0.25, 0.3) is 0 Å². The number of nitrogens with one attached hydrogen (secondary N) is 2. The Morgan fingerprint density at radius 2 is 1.85 bits per heavy atom. The van der Waals surface area contributed by atoms with Gasteiger partial charge in [0.05, 0.1) is 13.7 Å². The molecule has 0 heterocycles. The van der Waals surface area contributed by atoms with Crippen LogP contribution < -0.4 is 20.1 Å². The Bertz CT molecular complexity index is 799. The molecule has 5 nitrogen and oxygen atoms in total. The van der Waals surface area contributed by atoms with E-state index in [0.717, 1.165) is 23.4 Å². The highest BCUT2D eigenvalue weighted by Crippen LogP contribution is 2.17. The second-order valence-corrected chi connectivity index (χ2v) is 5.10. The molecular formula is C19H18F2N2O3. The quantitative estimate of drug-likeness (QED) is 0.779. The lowest BCUT2D eigenvalue weighted by atomic mass is 10.2. The van der Waals surface area contributed by atoms with Crippen molar-refractivity contribution in [2.24, 2.45) is 0 Å². The van der Waals surface area contributed by atoms with Crippen molar-refractivity contribution in [3.05, 3.63) is 59.7 Å². The number of carbonyl (C=O) groups is 1. The summed E-state index contributed by atoms with van der Waals surface area (Å²) in [7, 11) is 1.59. The zero-order valence-corrected chi connectivity index (χ0v) is 14.1. The Balaban J connectivity index is 1.64. The van der Waals surface area contributed by atoms with Crippen LogP contribution in [0.4, 0.5) is 13.6 Å². The second kappa shape index (κ2) is 9.89. The van der Waals surface area contributed by atoms with E-state index in [1.54, 1.807) is 7.11 Å². The Kier molecular flexibility index (Phi) is 7.25. The van der Waals surface area contributed by atoms with E-state index in [2.05, 4.69) is 22.5 Å². The average Bonchev–Trinajstić information content (AvgIpc) is 2.64. The van der Waals surface area contributed by atoms with Gasteiger partial charge < -0.3 is 20.1 Å². The molecule has 7 heteroatoms. The largest absolute Gasteiger partial charge is 0.497 e. The summed E-state index contributed by atoms with van der Waals surface area (Å²) in [5, 5.41) is 5.26. The van der Waals surface area contributed by atoms with Crippen LogP contribution in [0.15, 0.2) is 42.5 Å². The second-order valence-electron chi connectivity index (χ2n) is 5.10. The number of methoxy groups -OCH3 is 1. The molecule has 0 spiro atoms. The van der Waals surface area contributed by atoms with Crippen LogP contribution >= 0.6 is 0 Å². The van der Waals surface area contributed by atoms with Crippen molar-refractivity contribution in [2.45, 2.75) is 6.54 Å². The first-order valence-electron chi connectivity index (χ1n) is 7.76. The van der Waals surface area contributed by atoms with Crippen molar-refractivity contribution >= 4 is 6.03 Å². The van der Waals surface area contributed by atoms with E-state index in [1.807, 2.05) is 24.3 Å². The predicted octanol–water partition coefficient (Wildman–Crippen LogP) is 2.86. The van der Waals surface area contributed by atoms with Gasteiger partial charge in [0.1, 0.15) is 18.2 Å². The van der Waals surface area contributed by atoms with Crippen LogP contribution in [0.1, 0.15) is 5.56 Å². The van der Waals surface area contributed by atoms with Crippen LogP contribution in [-0.4, -0.2) is 26.3 Å². The summed E-state index contributed by atoms with van der Waals surface area (Å²) >= 11 is 0. The number of amides is 2. The Hall–Kier alpha value is -3.27. The van der Waals surface area contributed by atoms with E-state index >= 15 is 0 Å². The van der Waals surface area contributed by atoms with Crippen molar-refractivity contribution in [3.8, 4) is 23.3 Å². The highest BCUT2D eigenvalue weighted by molar-refractivity contribution is 5.74. The van der Waals surface area contributed by atoms with E-state index in [4.69, 9.17) is 9.47 Å². The lowest BCUT2D eigenvalue weighted by Gasteiger charge is -2.06. The smallest absolute Gasteiger partial charge is 0.315 e. The van der Waals surface area contributed by atoms with E-state index in [1.165, 1.54) is 6.07 Å². The van der Waals surface area contributed by atoms with Gasteiger partial charge in [-0.15, -0.1) is 0 Å². The molecule has 26 heavy (non-hydrogen) atoms. The van der Waals surface area contributed by atoms with Gasteiger partial charge in [-0.1, -0.05) is 24.0 Å². The molecule has 0 aliphatic carbocycles. The molecule has 0 aromatic heterocycles. The molecule has 2 rings (SSSR count). The molecular weight excluding hydrogens is 342 g/mol. The van der Waals surface area contributed by atoms with Crippen LogP contribution in [0, 0.1) is 23.5 Å². The molecule has 0 aliphatic rings. The summed E-state index contributed by atoms with van der Waals surface area (Å²) in [6.07, 6.45) is 0. The third kappa shape index (κ3) is 6.32. The van der Waals surface area contributed by atoms with E-state index in [0.29, 0.717) is 6.54 Å². The molecule has 0 saturated carbocycles. The SMILES string of the molecule is COc1ccc(CNC(=O)NCC#CCOc2ccc(F)cc2F)cc1. The minimum Gasteiger partial charge on any atom is -0.497 e. The molecule has 0 fully saturated rings. The number of rotatable bonds is 6. The summed E-state index contributed by atoms with van der Waals surface area (Å²) < 4.78 is 36.2. The first-order chi connectivity index (χ1) is 12.6. The molecule has 0 bridgehead atoms. The minimum atomic E-state index is -0.789. The summed E-state index contributed by atoms with van der Waals surface area (Å²) in [5.74, 6) is 4.50. The first-order valence-corrected chi connectivity index (χ1v) is 7.76. The Morgan fingerprint density at radius 3 is 2.54 bits per heavy atom. The molecule has 2 aromatic carbocycles. The highest BCUT2D eigenvalue weighted by atomic mass is 19.1. The summed E-state index contributed by atoms with van der Waals surface area (Å²) in [5.41, 5.74) is 0.932. The molecule has 0 unspecified atom stereocenters. The fourth-order valence-corrected chi connectivity index (χ4v) is 1.93. The van der Waals surface area contributed by atoms with Crippen molar-refractivity contribution in [1.29, 1.82) is 0 Å². The van der Waals surface area contributed by atoms with Crippen molar-refractivity contribution in [1.82, 2.24) is 10.6 Å². The van der Waals surface area contributed by atoms with Gasteiger partial charge in [0.15, 0.2) is 11.6 Å². The number of benzene rings is 2. The maximum atomic E-state index is 13.3. The molecule has 0 saturated heterocycles. The van der Waals surface area contributed by atoms with Crippen LogP contribution in [-0.2, 0) is 6.54 Å². The number of ether oxygens (including phenoxy) is 2. The fraction of sp³-hybridized carbons (Fsp3) is 0.211. The lowest BCUT2D eigenvalue weighted by Crippen LogP contribution is -2.35. The van der Waals surface area contributed by atoms with Crippen molar-refractivity contribution in [2.75, 3.05) is 20.3 Å². The number of urea groups is 1. The average molecular weight is 360 g/mol. The zero-order chi connectivity index (χ0) is 18.8. The fourth-order valence-electron chi connectivity index (χ4n) is 1.93. The third-order valence-corrected chi connectivity index (χ3v) is 3.27. The van der Waals surface area contributed by atoms with Gasteiger partial charge in [-0.05, 0) is 29.8 Å². The Labute approximate surface area is 150 Å². The number of hydrogen-bond donors (Lipinski definition) is 2. The molecule has 2 aromatic rings. The van der Waals surface area contributed by atoms with Gasteiger partial charge in [-0.2, -0.15) is 0 Å². The van der Waals surface area contributed by atoms with Crippen molar-refractivity contribution < 1.29 is 23.0 Å². The monoisotopic (exact) mass is 360 g/mol. The molecule has 0 aliphatic heterocycles. The van der Waals surface area contributed by atoms with Gasteiger partial charge in [0.2, 0.25) is 0 Å². The maximum Gasteiger partial charge on any atom is 0.315 e. The highest BCUT2D eigenvalue weighted by Gasteiger charge is 2.03. The maximum absolute atomic E-state index is 13.3. The Morgan fingerprint density at radius 1 is 1.08 bits per heavy atom. The zero-order valence-electron chi connectivity index (χ0n) is 14.1. The van der Waals surface area contributed by atoms with E-state index < -0.39 is 11.6 Å². The van der Waals surface area contributed by atoms with Gasteiger partial charge in [-0.3, -0.25) is 0 Å². The molecule has 2 N–H and O–H groups in total. The topological polar surface area (TPSA) is 59.6 Å². The molecule has 0 radical (unpaired) electrons. The minimum absolute atomic E-state index is 0.0717. The van der Waals surface area contributed by atoms with Gasteiger partial charge in [0, 0.05) is 12.6 Å². The first kappa shape index (κ1) is 19.1. The number of hydrogen-bond acceptors (Lipinski definition) is 3. The third-order valence-electron chi connectivity index (χ3n) is 3.27. The summed E-state index contributed by atoms with van der Waals surface area (Å²) in [4.78, 5) is 11.6. The number of carbonyl (C=O) groups excluding carboxylic acids is 1. The van der Waals surface area contributed by atoms with E-state index in [9.17, 15) is 13.6 Å². The predicted molar refractivity (Wildman–Crippen MR) is 92.9 cm³/mol. The van der Waals surface area contributed by atoms with Gasteiger partial charge >= 0.3 is 6.03 Å². The standard InChI is InChI=1S/C19H18F2N2O3/c1-25-16-7-4-14(5-8-16)13-23-19(24)22-10-2-3-11-26-18-9-6-15(20)12-17(18)21/h4-9,12H,10-11,13H2,1H3,(H2,22,23,24). The van der Waals surface area contributed by atoms with Crippen LogP contribution in [0.25, 0.3) is 0 Å². The summed E-state index contributed by atoms with van der Waals surface area (Å²) in [6.45, 7) is 0.414. The normalized spacial score (nSPS) is 9.65. The van der Waals surface area contributed by atoms with E-state index in [-0.39, 0.29) is 24.9 Å². The summed E-state index contributed by atoms with van der Waals surface area (Å²) in [6, 6.07) is 9.99. The van der Waals surface area contributed by atoms with Crippen LogP contribution in [0.2, 0.25) is 0 Å². The molecule has 2 amide bonds. The molecule has 0 atom stereocenters. The number of halogens is 2. The van der Waals surface area contributed by atoms with Crippen LogP contribution in [0.3, 0.4) is 0 Å². The lowest BCUT2D eigenvalue weighted by molar-refractivity contribution is 0.241. The van der Waals surface area contributed by atoms with Crippen LogP contribution in [0.5, 0.6) is 11.5 Å². The van der Waals surface area contributed by atoms with Crippen molar-refractivity contribution in [3.63, 3.8) is 0 Å². The molecule has 136 valence electrons. The van der Waals surface area contributed by atoms with Gasteiger partial charge in [-0.25, -0.2) is 13.6 Å².